The molecule has 2 nitrogen and oxygen atoms in total. The number of unbranched alkanes of at least 4 members (excludes halogenated alkanes) is 28. The maximum absolute atomic E-state index is 5.07. The van der Waals surface area contributed by atoms with Crippen molar-refractivity contribution < 1.29 is 0 Å². The van der Waals surface area contributed by atoms with Crippen molar-refractivity contribution in [2.45, 2.75) is 219 Å². The summed E-state index contributed by atoms with van der Waals surface area (Å²) in [5.41, 5.74) is 4.82. The van der Waals surface area contributed by atoms with Crippen LogP contribution in [0.3, 0.4) is 0 Å². The molecule has 0 radical (unpaired) electrons. The van der Waals surface area contributed by atoms with Gasteiger partial charge in [-0.1, -0.05) is 194 Å². The average Bonchev–Trinajstić information content (AvgIpc) is 3.48. The van der Waals surface area contributed by atoms with Gasteiger partial charge in [-0.25, -0.2) is 9.97 Å². The summed E-state index contributed by atoms with van der Waals surface area (Å²) in [6.45, 7) is 4.61. The number of thiophene rings is 1. The Hall–Kier alpha value is -0.960. The van der Waals surface area contributed by atoms with Crippen LogP contribution in [0.1, 0.15) is 218 Å². The highest BCUT2D eigenvalue weighted by Gasteiger charge is 2.10. The lowest BCUT2D eigenvalue weighted by Gasteiger charge is -2.09. The number of hydrogen-bond donors (Lipinski definition) is 0. The standard InChI is InChI=1S/C40H72N2S/c1-3-5-7-9-11-13-15-17-19-21-23-25-27-29-31-33-37-38(42-40-36-43-35-39(40)41-37)34-32-30-28-26-24-22-20-18-16-14-12-10-8-6-4-2/h35-36H,3-34H2,1-2H3. The van der Waals surface area contributed by atoms with Crippen LogP contribution in [0.25, 0.3) is 11.0 Å². The molecule has 0 saturated carbocycles. The molecule has 0 amide bonds. The average molecular weight is 613 g/mol. The van der Waals surface area contributed by atoms with Gasteiger partial charge >= 0.3 is 0 Å². The molecule has 0 fully saturated rings. The van der Waals surface area contributed by atoms with Crippen LogP contribution >= 0.6 is 11.3 Å². The van der Waals surface area contributed by atoms with Crippen LogP contribution in [-0.4, -0.2) is 9.97 Å². The molecule has 2 rings (SSSR count). The Balaban J connectivity index is 1.47. The second-order valence-corrected chi connectivity index (χ2v) is 14.4. The van der Waals surface area contributed by atoms with E-state index in [0.29, 0.717) is 0 Å². The first-order valence-electron chi connectivity index (χ1n) is 19.6. The van der Waals surface area contributed by atoms with E-state index in [4.69, 9.17) is 9.97 Å². The van der Waals surface area contributed by atoms with Crippen molar-refractivity contribution in [3.8, 4) is 0 Å². The summed E-state index contributed by atoms with van der Waals surface area (Å²) in [6, 6.07) is 0. The first-order chi connectivity index (χ1) is 21.3. The predicted molar refractivity (Wildman–Crippen MR) is 195 cm³/mol. The van der Waals surface area contributed by atoms with Gasteiger partial charge < -0.3 is 0 Å². The van der Waals surface area contributed by atoms with Crippen LogP contribution in [-0.2, 0) is 12.8 Å². The van der Waals surface area contributed by atoms with Crippen LogP contribution in [0.15, 0.2) is 10.8 Å². The molecule has 0 bridgehead atoms. The van der Waals surface area contributed by atoms with Crippen molar-refractivity contribution in [3.63, 3.8) is 0 Å². The normalized spacial score (nSPS) is 11.7. The lowest BCUT2D eigenvalue weighted by atomic mass is 10.0. The van der Waals surface area contributed by atoms with E-state index in [1.54, 1.807) is 11.3 Å². The van der Waals surface area contributed by atoms with Gasteiger partial charge in [-0.3, -0.25) is 0 Å². The number of rotatable bonds is 32. The molecular weight excluding hydrogens is 541 g/mol. The Morgan fingerprint density at radius 3 is 0.837 bits per heavy atom. The Kier molecular flexibility index (Phi) is 25.3. The zero-order valence-corrected chi connectivity index (χ0v) is 29.9. The first kappa shape index (κ1) is 38.2. The molecule has 3 heteroatoms. The van der Waals surface area contributed by atoms with E-state index in [9.17, 15) is 0 Å². The molecule has 0 spiro atoms. The van der Waals surface area contributed by atoms with E-state index in [-0.39, 0.29) is 0 Å². The molecule has 0 atom stereocenters. The monoisotopic (exact) mass is 613 g/mol. The summed E-state index contributed by atoms with van der Waals surface area (Å²) in [6.07, 6.45) is 44.8. The molecule has 0 aliphatic heterocycles. The molecule has 2 aromatic heterocycles. The fraction of sp³-hybridized carbons (Fsp3) is 0.850. The van der Waals surface area contributed by atoms with Crippen molar-refractivity contribution in [2.24, 2.45) is 0 Å². The highest BCUT2D eigenvalue weighted by atomic mass is 32.1. The van der Waals surface area contributed by atoms with Gasteiger partial charge in [0.05, 0.1) is 22.4 Å². The summed E-state index contributed by atoms with van der Waals surface area (Å²) in [4.78, 5) is 10.1. The van der Waals surface area contributed by atoms with Gasteiger partial charge in [-0.2, -0.15) is 0 Å². The van der Waals surface area contributed by atoms with Crippen molar-refractivity contribution >= 4 is 22.4 Å². The summed E-state index contributed by atoms with van der Waals surface area (Å²) in [5.74, 6) is 0. The van der Waals surface area contributed by atoms with Gasteiger partial charge in [0.15, 0.2) is 0 Å². The number of nitrogens with zero attached hydrogens (tertiary/aromatic N) is 2. The van der Waals surface area contributed by atoms with Gasteiger partial charge in [0.1, 0.15) is 0 Å². The minimum absolute atomic E-state index is 1.11. The zero-order valence-electron chi connectivity index (χ0n) is 29.1. The number of hydrogen-bond acceptors (Lipinski definition) is 3. The van der Waals surface area contributed by atoms with Gasteiger partial charge in [0.25, 0.3) is 0 Å². The maximum atomic E-state index is 5.07. The molecule has 0 N–H and O–H groups in total. The molecule has 2 heterocycles. The third-order valence-electron chi connectivity index (χ3n) is 9.50. The van der Waals surface area contributed by atoms with Gasteiger partial charge in [-0.15, -0.1) is 11.3 Å². The molecule has 0 aliphatic rings. The van der Waals surface area contributed by atoms with E-state index in [1.807, 2.05) is 0 Å². The van der Waals surface area contributed by atoms with Crippen molar-refractivity contribution in [1.82, 2.24) is 9.97 Å². The second-order valence-electron chi connectivity index (χ2n) is 13.7. The topological polar surface area (TPSA) is 25.8 Å². The highest BCUT2D eigenvalue weighted by molar-refractivity contribution is 7.09. The third-order valence-corrected chi connectivity index (χ3v) is 10.2. The Labute approximate surface area is 273 Å². The number of aryl methyl sites for hydroxylation is 2. The van der Waals surface area contributed by atoms with Crippen molar-refractivity contribution in [1.29, 1.82) is 0 Å². The molecule has 0 aliphatic carbocycles. The maximum Gasteiger partial charge on any atom is 0.0997 e. The SMILES string of the molecule is CCCCCCCCCCCCCCCCCc1nc2cscc2nc1CCCCCCCCCCCCCCCCC. The van der Waals surface area contributed by atoms with E-state index >= 15 is 0 Å². The second kappa shape index (κ2) is 28.5. The molecule has 0 aromatic carbocycles. The van der Waals surface area contributed by atoms with Crippen molar-refractivity contribution in [2.75, 3.05) is 0 Å². The van der Waals surface area contributed by atoms with Gasteiger partial charge in [0.2, 0.25) is 0 Å². The van der Waals surface area contributed by atoms with Crippen molar-refractivity contribution in [3.05, 3.63) is 22.1 Å². The Morgan fingerprint density at radius 2 is 0.581 bits per heavy atom. The van der Waals surface area contributed by atoms with Crippen LogP contribution in [0.2, 0.25) is 0 Å². The third kappa shape index (κ3) is 20.6. The van der Waals surface area contributed by atoms with E-state index in [1.165, 1.54) is 204 Å². The van der Waals surface area contributed by atoms with Gasteiger partial charge in [0, 0.05) is 10.8 Å². The van der Waals surface area contributed by atoms with E-state index in [2.05, 4.69) is 24.6 Å². The highest BCUT2D eigenvalue weighted by Crippen LogP contribution is 2.21. The number of aromatic nitrogens is 2. The lowest BCUT2D eigenvalue weighted by molar-refractivity contribution is 0.530. The van der Waals surface area contributed by atoms with Crippen LogP contribution in [0, 0.1) is 0 Å². The van der Waals surface area contributed by atoms with Gasteiger partial charge in [-0.05, 0) is 25.7 Å². The molecule has 0 unspecified atom stereocenters. The first-order valence-corrected chi connectivity index (χ1v) is 20.5. The number of fused-ring (bicyclic) bond motifs is 1. The largest absolute Gasteiger partial charge is 0.248 e. The molecule has 2 aromatic rings. The Morgan fingerprint density at radius 1 is 0.349 bits per heavy atom. The summed E-state index contributed by atoms with van der Waals surface area (Å²) < 4.78 is 0. The van der Waals surface area contributed by atoms with Crippen LogP contribution in [0.5, 0.6) is 0 Å². The molecule has 43 heavy (non-hydrogen) atoms. The summed E-state index contributed by atoms with van der Waals surface area (Å²) in [7, 11) is 0. The quantitative estimate of drug-likeness (QED) is 0.0768. The fourth-order valence-electron chi connectivity index (χ4n) is 6.60. The minimum atomic E-state index is 1.11. The van der Waals surface area contributed by atoms with Crippen LogP contribution < -0.4 is 0 Å². The van der Waals surface area contributed by atoms with E-state index in [0.717, 1.165) is 23.9 Å². The lowest BCUT2D eigenvalue weighted by Crippen LogP contribution is -2.02. The minimum Gasteiger partial charge on any atom is -0.248 e. The Bertz CT molecular complexity index is 791. The molecule has 0 saturated heterocycles. The van der Waals surface area contributed by atoms with Crippen LogP contribution in [0.4, 0.5) is 0 Å². The smallest absolute Gasteiger partial charge is 0.0997 e. The van der Waals surface area contributed by atoms with E-state index < -0.39 is 0 Å². The summed E-state index contributed by atoms with van der Waals surface area (Å²) in [5, 5.41) is 4.35. The zero-order chi connectivity index (χ0) is 30.5. The molecular formula is C40H72N2S. The summed E-state index contributed by atoms with van der Waals surface area (Å²) >= 11 is 1.74. The fourth-order valence-corrected chi connectivity index (χ4v) is 7.27. The predicted octanol–water partition coefficient (Wildman–Crippen LogP) is 14.5. The molecule has 248 valence electrons.